The third-order valence-corrected chi connectivity index (χ3v) is 3.87. The lowest BCUT2D eigenvalue weighted by Gasteiger charge is -2.17. The van der Waals surface area contributed by atoms with Crippen LogP contribution in [0.1, 0.15) is 23.9 Å². The maximum atomic E-state index is 6.32. The zero-order chi connectivity index (χ0) is 14.5. The second-order valence-corrected chi connectivity index (χ2v) is 5.32. The van der Waals surface area contributed by atoms with Crippen molar-refractivity contribution >= 4 is 11.6 Å². The van der Waals surface area contributed by atoms with Crippen molar-refractivity contribution in [2.24, 2.45) is 7.05 Å². The summed E-state index contributed by atoms with van der Waals surface area (Å²) < 4.78 is 1.73. The number of aryl methyl sites for hydroxylation is 2. The van der Waals surface area contributed by atoms with Crippen molar-refractivity contribution in [3.63, 3.8) is 0 Å². The van der Waals surface area contributed by atoms with Gasteiger partial charge in [-0.05, 0) is 32.0 Å². The summed E-state index contributed by atoms with van der Waals surface area (Å²) in [6, 6.07) is 6.33. The Bertz CT molecular complexity index is 551. The molecule has 1 N–H and O–H groups in total. The van der Waals surface area contributed by atoms with Crippen molar-refractivity contribution in [3.05, 3.63) is 46.5 Å². The van der Waals surface area contributed by atoms with Gasteiger partial charge < -0.3 is 5.32 Å². The molecule has 0 aliphatic carbocycles. The van der Waals surface area contributed by atoms with Crippen molar-refractivity contribution in [2.75, 3.05) is 6.54 Å². The Morgan fingerprint density at radius 1 is 1.35 bits per heavy atom. The van der Waals surface area contributed by atoms with Crippen LogP contribution >= 0.6 is 11.6 Å². The van der Waals surface area contributed by atoms with Gasteiger partial charge in [-0.25, -0.2) is 0 Å². The normalized spacial score (nSPS) is 12.6. The first kappa shape index (κ1) is 15.0. The van der Waals surface area contributed by atoms with Gasteiger partial charge in [0.25, 0.3) is 0 Å². The lowest BCUT2D eigenvalue weighted by atomic mass is 10.0. The number of hydrogen-bond acceptors (Lipinski definition) is 3. The number of aromatic nitrogens is 3. The maximum Gasteiger partial charge on any atom is 0.130 e. The van der Waals surface area contributed by atoms with Crippen LogP contribution in [-0.4, -0.2) is 27.4 Å². The first-order valence-electron chi connectivity index (χ1n) is 6.93. The Morgan fingerprint density at radius 2 is 2.15 bits per heavy atom. The molecule has 0 radical (unpaired) electrons. The van der Waals surface area contributed by atoms with E-state index in [1.54, 1.807) is 4.68 Å². The molecule has 0 aliphatic heterocycles. The number of rotatable bonds is 6. The first-order chi connectivity index (χ1) is 9.61. The predicted octanol–water partition coefficient (Wildman–Crippen LogP) is 2.54. The van der Waals surface area contributed by atoms with E-state index in [4.69, 9.17) is 11.6 Å². The van der Waals surface area contributed by atoms with Gasteiger partial charge in [0.15, 0.2) is 0 Å². The molecule has 0 aromatic carbocycles. The third kappa shape index (κ3) is 3.58. The third-order valence-electron chi connectivity index (χ3n) is 3.39. The fourth-order valence-corrected chi connectivity index (χ4v) is 2.68. The second kappa shape index (κ2) is 6.86. The van der Waals surface area contributed by atoms with E-state index in [0.29, 0.717) is 6.04 Å². The standard InChI is InChI=1S/C15H21ClN4/c1-4-17-13(9-12-7-5-6-8-18-12)10-14-11(2)19-20(3)15(14)16/h5-8,13,17H,4,9-10H2,1-3H3. The van der Waals surface area contributed by atoms with Crippen molar-refractivity contribution in [3.8, 4) is 0 Å². The molecule has 0 aliphatic rings. The molecule has 5 heteroatoms. The summed E-state index contributed by atoms with van der Waals surface area (Å²) in [4.78, 5) is 4.40. The van der Waals surface area contributed by atoms with E-state index in [9.17, 15) is 0 Å². The van der Waals surface area contributed by atoms with Crippen molar-refractivity contribution in [1.29, 1.82) is 0 Å². The Morgan fingerprint density at radius 3 is 2.70 bits per heavy atom. The summed E-state index contributed by atoms with van der Waals surface area (Å²) in [7, 11) is 1.87. The molecule has 2 aromatic rings. The Hall–Kier alpha value is -1.39. The quantitative estimate of drug-likeness (QED) is 0.890. The molecular formula is C15H21ClN4. The number of hydrogen-bond donors (Lipinski definition) is 1. The SMILES string of the molecule is CCNC(Cc1ccccn1)Cc1c(C)nn(C)c1Cl. The van der Waals surface area contributed by atoms with E-state index >= 15 is 0 Å². The van der Waals surface area contributed by atoms with Crippen LogP contribution in [0, 0.1) is 6.92 Å². The van der Waals surface area contributed by atoms with E-state index in [-0.39, 0.29) is 0 Å². The van der Waals surface area contributed by atoms with Crippen LogP contribution in [0.2, 0.25) is 5.15 Å². The molecule has 0 amide bonds. The number of likely N-dealkylation sites (N-methyl/N-ethyl adjacent to an activating group) is 1. The monoisotopic (exact) mass is 292 g/mol. The molecule has 2 aromatic heterocycles. The lowest BCUT2D eigenvalue weighted by Crippen LogP contribution is -2.33. The van der Waals surface area contributed by atoms with Crippen LogP contribution in [-0.2, 0) is 19.9 Å². The van der Waals surface area contributed by atoms with Crippen LogP contribution in [0.4, 0.5) is 0 Å². The van der Waals surface area contributed by atoms with Gasteiger partial charge >= 0.3 is 0 Å². The molecule has 0 saturated carbocycles. The van der Waals surface area contributed by atoms with Crippen LogP contribution in [0.15, 0.2) is 24.4 Å². The van der Waals surface area contributed by atoms with Crippen molar-refractivity contribution in [2.45, 2.75) is 32.7 Å². The van der Waals surface area contributed by atoms with Gasteiger partial charge in [-0.2, -0.15) is 5.10 Å². The van der Waals surface area contributed by atoms with E-state index in [1.165, 1.54) is 0 Å². The molecule has 0 saturated heterocycles. The highest BCUT2D eigenvalue weighted by molar-refractivity contribution is 6.30. The minimum absolute atomic E-state index is 0.315. The summed E-state index contributed by atoms with van der Waals surface area (Å²) in [5.41, 5.74) is 3.22. The zero-order valence-electron chi connectivity index (χ0n) is 12.2. The molecule has 1 unspecified atom stereocenters. The van der Waals surface area contributed by atoms with Gasteiger partial charge in [0.2, 0.25) is 0 Å². The van der Waals surface area contributed by atoms with Gasteiger partial charge in [-0.3, -0.25) is 9.67 Å². The Labute approximate surface area is 125 Å². The second-order valence-electron chi connectivity index (χ2n) is 4.96. The number of halogens is 1. The number of pyridine rings is 1. The predicted molar refractivity (Wildman–Crippen MR) is 82.1 cm³/mol. The molecule has 20 heavy (non-hydrogen) atoms. The molecule has 1 atom stereocenters. The minimum atomic E-state index is 0.315. The first-order valence-corrected chi connectivity index (χ1v) is 7.30. The smallest absolute Gasteiger partial charge is 0.130 e. The van der Waals surface area contributed by atoms with E-state index < -0.39 is 0 Å². The Kier molecular flexibility index (Phi) is 5.15. The summed E-state index contributed by atoms with van der Waals surface area (Å²) in [5.74, 6) is 0. The summed E-state index contributed by atoms with van der Waals surface area (Å²) in [6.45, 7) is 5.04. The molecular weight excluding hydrogens is 272 g/mol. The Balaban J connectivity index is 2.13. The summed E-state index contributed by atoms with van der Waals surface area (Å²) in [6.07, 6.45) is 3.59. The van der Waals surface area contributed by atoms with E-state index in [0.717, 1.165) is 41.5 Å². The van der Waals surface area contributed by atoms with Crippen LogP contribution < -0.4 is 5.32 Å². The largest absolute Gasteiger partial charge is 0.314 e. The number of nitrogens with zero attached hydrogens (tertiary/aromatic N) is 3. The van der Waals surface area contributed by atoms with Crippen molar-refractivity contribution in [1.82, 2.24) is 20.1 Å². The van der Waals surface area contributed by atoms with Crippen molar-refractivity contribution < 1.29 is 0 Å². The highest BCUT2D eigenvalue weighted by Crippen LogP contribution is 2.21. The molecule has 108 valence electrons. The van der Waals surface area contributed by atoms with Crippen LogP contribution in [0.3, 0.4) is 0 Å². The average Bonchev–Trinajstić information content (AvgIpc) is 2.67. The molecule has 2 heterocycles. The van der Waals surface area contributed by atoms with Gasteiger partial charge in [0, 0.05) is 37.0 Å². The number of nitrogens with one attached hydrogen (secondary N) is 1. The molecule has 0 fully saturated rings. The van der Waals surface area contributed by atoms with Gasteiger partial charge in [0.05, 0.1) is 5.69 Å². The fraction of sp³-hybridized carbons (Fsp3) is 0.467. The van der Waals surface area contributed by atoms with Crippen LogP contribution in [0.5, 0.6) is 0 Å². The highest BCUT2D eigenvalue weighted by Gasteiger charge is 2.17. The topological polar surface area (TPSA) is 42.7 Å². The minimum Gasteiger partial charge on any atom is -0.314 e. The molecule has 4 nitrogen and oxygen atoms in total. The average molecular weight is 293 g/mol. The zero-order valence-corrected chi connectivity index (χ0v) is 13.0. The molecule has 0 bridgehead atoms. The lowest BCUT2D eigenvalue weighted by molar-refractivity contribution is 0.515. The highest BCUT2D eigenvalue weighted by atomic mass is 35.5. The maximum absolute atomic E-state index is 6.32. The summed E-state index contributed by atoms with van der Waals surface area (Å²) in [5, 5.41) is 8.61. The van der Waals surface area contributed by atoms with Gasteiger partial charge in [0.1, 0.15) is 5.15 Å². The van der Waals surface area contributed by atoms with Gasteiger partial charge in [-0.15, -0.1) is 0 Å². The molecule has 0 spiro atoms. The van der Waals surface area contributed by atoms with Crippen LogP contribution in [0.25, 0.3) is 0 Å². The fourth-order valence-electron chi connectivity index (χ4n) is 2.43. The molecule has 2 rings (SSSR count). The summed E-state index contributed by atoms with van der Waals surface area (Å²) >= 11 is 6.32. The van der Waals surface area contributed by atoms with E-state index in [2.05, 4.69) is 28.4 Å². The van der Waals surface area contributed by atoms with E-state index in [1.807, 2.05) is 32.3 Å². The van der Waals surface area contributed by atoms with Gasteiger partial charge in [-0.1, -0.05) is 24.6 Å².